The Hall–Kier alpha value is -1.06. The molecule has 0 N–H and O–H groups in total. The summed E-state index contributed by atoms with van der Waals surface area (Å²) in [5.41, 5.74) is 0. The Bertz CT molecular complexity index is 261. The number of aliphatic imine (C=N–C) groups is 2. The summed E-state index contributed by atoms with van der Waals surface area (Å²) in [5.74, 6) is 1.84. The second-order valence-corrected chi connectivity index (χ2v) is 4.19. The normalized spacial score (nSPS) is 20.9. The molecule has 0 saturated carbocycles. The minimum atomic E-state index is 0.158. The largest absolute Gasteiger partial charge is 0.480 e. The zero-order chi connectivity index (χ0) is 11.2. The fourth-order valence-electron chi connectivity index (χ4n) is 2.02. The van der Waals surface area contributed by atoms with Crippen molar-refractivity contribution in [3.63, 3.8) is 0 Å². The van der Waals surface area contributed by atoms with Crippen molar-refractivity contribution in [3.05, 3.63) is 0 Å². The molecular formula is C12H20N2O2. The van der Waals surface area contributed by atoms with E-state index in [1.165, 1.54) is 0 Å². The molecule has 0 fully saturated rings. The van der Waals surface area contributed by atoms with Crippen molar-refractivity contribution >= 4 is 11.8 Å². The summed E-state index contributed by atoms with van der Waals surface area (Å²) in [7, 11) is 0. The van der Waals surface area contributed by atoms with Crippen LogP contribution in [-0.2, 0) is 9.47 Å². The van der Waals surface area contributed by atoms with Gasteiger partial charge in [0.25, 0.3) is 0 Å². The van der Waals surface area contributed by atoms with Crippen LogP contribution in [0, 0.1) is 5.92 Å². The maximum Gasteiger partial charge on any atom is 0.195 e. The Kier molecular flexibility index (Phi) is 4.19. The van der Waals surface area contributed by atoms with Gasteiger partial charge in [-0.2, -0.15) is 0 Å². The summed E-state index contributed by atoms with van der Waals surface area (Å²) < 4.78 is 11.3. The molecule has 2 heterocycles. The van der Waals surface area contributed by atoms with Gasteiger partial charge in [0.1, 0.15) is 5.92 Å². The third kappa shape index (κ3) is 2.74. The van der Waals surface area contributed by atoms with Gasteiger partial charge in [-0.15, -0.1) is 0 Å². The van der Waals surface area contributed by atoms with Gasteiger partial charge >= 0.3 is 0 Å². The van der Waals surface area contributed by atoms with E-state index in [1.54, 1.807) is 0 Å². The molecule has 0 spiro atoms. The van der Waals surface area contributed by atoms with Crippen LogP contribution in [0.5, 0.6) is 0 Å². The van der Waals surface area contributed by atoms with E-state index in [9.17, 15) is 0 Å². The van der Waals surface area contributed by atoms with Crippen molar-refractivity contribution in [2.75, 3.05) is 26.3 Å². The molecule has 2 aliphatic rings. The standard InChI is InChI=1S/C12H20N2O2/c1-2-5-10(11-13-6-3-8-15-11)12-14-7-4-9-16-12/h10H,2-9H2,1H3. The highest BCUT2D eigenvalue weighted by Gasteiger charge is 2.27. The maximum atomic E-state index is 5.64. The molecule has 0 amide bonds. The topological polar surface area (TPSA) is 43.2 Å². The van der Waals surface area contributed by atoms with Crippen LogP contribution in [-0.4, -0.2) is 38.1 Å². The fourth-order valence-corrected chi connectivity index (χ4v) is 2.02. The molecule has 0 unspecified atom stereocenters. The number of ether oxygens (including phenoxy) is 2. The van der Waals surface area contributed by atoms with Gasteiger partial charge in [-0.05, 0) is 6.42 Å². The van der Waals surface area contributed by atoms with Gasteiger partial charge in [0.2, 0.25) is 0 Å². The first-order valence-electron chi connectivity index (χ1n) is 6.26. The maximum absolute atomic E-state index is 5.64. The van der Waals surface area contributed by atoms with Gasteiger partial charge in [-0.1, -0.05) is 13.3 Å². The van der Waals surface area contributed by atoms with Crippen LogP contribution < -0.4 is 0 Å². The third-order valence-electron chi connectivity index (χ3n) is 2.81. The minimum absolute atomic E-state index is 0.158. The molecule has 2 rings (SSSR count). The Labute approximate surface area is 96.8 Å². The zero-order valence-electron chi connectivity index (χ0n) is 9.95. The summed E-state index contributed by atoms with van der Waals surface area (Å²) in [4.78, 5) is 8.91. The van der Waals surface area contributed by atoms with Crippen molar-refractivity contribution in [2.45, 2.75) is 32.6 Å². The zero-order valence-corrected chi connectivity index (χ0v) is 9.95. The van der Waals surface area contributed by atoms with Crippen molar-refractivity contribution in [1.82, 2.24) is 0 Å². The number of nitrogens with zero attached hydrogens (tertiary/aromatic N) is 2. The predicted octanol–water partition coefficient (Wildman–Crippen LogP) is 2.04. The molecule has 0 aromatic carbocycles. The molecule has 0 bridgehead atoms. The highest BCUT2D eigenvalue weighted by molar-refractivity contribution is 6.00. The van der Waals surface area contributed by atoms with E-state index in [2.05, 4.69) is 16.9 Å². The number of hydrogen-bond donors (Lipinski definition) is 0. The molecule has 0 radical (unpaired) electrons. The summed E-state index contributed by atoms with van der Waals surface area (Å²) in [5, 5.41) is 0. The monoisotopic (exact) mass is 224 g/mol. The average Bonchev–Trinajstić information content (AvgIpc) is 2.38. The first-order valence-corrected chi connectivity index (χ1v) is 6.26. The Balaban J connectivity index is 2.08. The second kappa shape index (κ2) is 5.87. The van der Waals surface area contributed by atoms with Crippen molar-refractivity contribution in [2.24, 2.45) is 15.9 Å². The van der Waals surface area contributed by atoms with Crippen molar-refractivity contribution < 1.29 is 9.47 Å². The first-order chi connectivity index (χ1) is 7.92. The van der Waals surface area contributed by atoms with Gasteiger partial charge in [-0.3, -0.25) is 9.98 Å². The Morgan fingerprint density at radius 2 is 1.62 bits per heavy atom. The summed E-state index contributed by atoms with van der Waals surface area (Å²) in [6.45, 7) is 5.49. The average molecular weight is 224 g/mol. The highest BCUT2D eigenvalue weighted by Crippen LogP contribution is 2.18. The van der Waals surface area contributed by atoms with Crippen LogP contribution >= 0.6 is 0 Å². The van der Waals surface area contributed by atoms with Gasteiger partial charge < -0.3 is 9.47 Å². The lowest BCUT2D eigenvalue weighted by atomic mass is 10.0. The molecule has 90 valence electrons. The first kappa shape index (κ1) is 11.4. The van der Waals surface area contributed by atoms with E-state index in [-0.39, 0.29) is 5.92 Å². The molecule has 2 aliphatic heterocycles. The second-order valence-electron chi connectivity index (χ2n) is 4.19. The molecule has 4 heteroatoms. The van der Waals surface area contributed by atoms with Crippen LogP contribution in [0.1, 0.15) is 32.6 Å². The molecule has 0 saturated heterocycles. The van der Waals surface area contributed by atoms with E-state index < -0.39 is 0 Å². The fraction of sp³-hybridized carbons (Fsp3) is 0.833. The predicted molar refractivity (Wildman–Crippen MR) is 64.1 cm³/mol. The molecule has 0 aromatic rings. The van der Waals surface area contributed by atoms with Gasteiger partial charge in [-0.25, -0.2) is 0 Å². The number of rotatable bonds is 4. The van der Waals surface area contributed by atoms with Crippen molar-refractivity contribution in [1.29, 1.82) is 0 Å². The lowest BCUT2D eigenvalue weighted by molar-refractivity contribution is 0.237. The lowest BCUT2D eigenvalue weighted by Gasteiger charge is -2.25. The summed E-state index contributed by atoms with van der Waals surface area (Å²) in [6.07, 6.45) is 4.15. The van der Waals surface area contributed by atoms with Crippen LogP contribution in [0.15, 0.2) is 9.98 Å². The van der Waals surface area contributed by atoms with E-state index in [4.69, 9.17) is 9.47 Å². The molecule has 4 nitrogen and oxygen atoms in total. The molecule has 0 aromatic heterocycles. The van der Waals surface area contributed by atoms with Crippen LogP contribution in [0.25, 0.3) is 0 Å². The van der Waals surface area contributed by atoms with E-state index >= 15 is 0 Å². The quantitative estimate of drug-likeness (QED) is 0.733. The smallest absolute Gasteiger partial charge is 0.195 e. The Morgan fingerprint density at radius 1 is 1.06 bits per heavy atom. The minimum Gasteiger partial charge on any atom is -0.480 e. The number of hydrogen-bond acceptors (Lipinski definition) is 4. The van der Waals surface area contributed by atoms with Gasteiger partial charge in [0.05, 0.1) is 13.2 Å². The van der Waals surface area contributed by atoms with Crippen LogP contribution in [0.4, 0.5) is 0 Å². The molecule has 0 aliphatic carbocycles. The molecular weight excluding hydrogens is 204 g/mol. The van der Waals surface area contributed by atoms with E-state index in [0.29, 0.717) is 0 Å². The molecule has 16 heavy (non-hydrogen) atoms. The highest BCUT2D eigenvalue weighted by atomic mass is 16.5. The summed E-state index contributed by atoms with van der Waals surface area (Å²) >= 11 is 0. The third-order valence-corrected chi connectivity index (χ3v) is 2.81. The SMILES string of the molecule is CCCC(C1=NCCCO1)C1=NCCCO1. The van der Waals surface area contributed by atoms with Crippen molar-refractivity contribution in [3.8, 4) is 0 Å². The van der Waals surface area contributed by atoms with E-state index in [0.717, 1.165) is 63.8 Å². The lowest BCUT2D eigenvalue weighted by Crippen LogP contribution is -2.32. The summed E-state index contributed by atoms with van der Waals surface area (Å²) in [6, 6.07) is 0. The van der Waals surface area contributed by atoms with Crippen LogP contribution in [0.3, 0.4) is 0 Å². The molecule has 0 atom stereocenters. The van der Waals surface area contributed by atoms with Gasteiger partial charge in [0, 0.05) is 25.9 Å². The van der Waals surface area contributed by atoms with Gasteiger partial charge in [0.15, 0.2) is 11.8 Å². The Morgan fingerprint density at radius 3 is 2.00 bits per heavy atom. The van der Waals surface area contributed by atoms with Crippen LogP contribution in [0.2, 0.25) is 0 Å². The van der Waals surface area contributed by atoms with E-state index in [1.807, 2.05) is 0 Å².